The predicted molar refractivity (Wildman–Crippen MR) is 447 cm³/mol. The lowest BCUT2D eigenvalue weighted by molar-refractivity contribution is -0.352. The summed E-state index contributed by atoms with van der Waals surface area (Å²) < 4.78 is 93.6. The number of aliphatic hydroxyl groups excluding tert-OH is 10. The van der Waals surface area contributed by atoms with Crippen molar-refractivity contribution < 1.29 is 161 Å². The number of phenols is 3. The number of alkyl halides is 3. The number of hydrogen-bond donors (Lipinski definition) is 23. The number of fused-ring (bicyclic) bond motifs is 15. The quantitative estimate of drug-likeness (QED) is 0.0487. The van der Waals surface area contributed by atoms with E-state index in [9.17, 15) is 93.9 Å². The molecule has 8 aliphatic heterocycles. The first-order chi connectivity index (χ1) is 62.0. The third-order valence-corrected chi connectivity index (χ3v) is 23.4. The molecule has 23 atom stereocenters. The van der Waals surface area contributed by atoms with Crippen LogP contribution in [0.2, 0.25) is 10.0 Å². The number of rotatable bonds is 21. The fraction of sp³-hybridized carbons (Fsp3) is 0.419. The Morgan fingerprint density at radius 1 is 0.641 bits per heavy atom. The Balaban J connectivity index is 0.972. The van der Waals surface area contributed by atoms with Gasteiger partial charge in [0.15, 0.2) is 30.3 Å². The van der Waals surface area contributed by atoms with Crippen molar-refractivity contribution in [2.45, 2.75) is 200 Å². The number of amides is 8. The molecule has 3 saturated heterocycles. The SMILES string of the molecule is CN[C@H](CC(C)C)C(=O)NC1C(=O)N[C@@H](CC(N)=O)C(=O)N[C@H]2C(=O)N[C@@H]3C(=O)N[C@H](C(=O)N[C@@H](O)c4cc(O)cc(O)c4-c4cc3ccc4O)[C@H](O[C@H]3C[C@](C)(NCc4cccc(NC(=O)c5ccc(OC(F)(F)F)cc5)c4)[C@@H](O)[C@H](C)O3)c3ccc(c(Cl)c3)Oc3cc2cc(c3O[C@@H]2O[C@H](CO)[C@@H](O[C@@H]3O[C@H](CO)[C@H](O)[C@H](O)[C@H]3O)[C@H](O)[C@H]2O)Oc2ccc(cc2Cl)[C@H]1O. The van der Waals surface area contributed by atoms with Crippen LogP contribution in [-0.4, -0.2) is 250 Å². The monoisotopic (exact) mass is 1870 g/mol. The van der Waals surface area contributed by atoms with Crippen molar-refractivity contribution in [3.8, 4) is 62.9 Å². The highest BCUT2D eigenvalue weighted by Gasteiger charge is 2.54. The summed E-state index contributed by atoms with van der Waals surface area (Å²) in [5.41, 5.74) is 2.16. The number of carbonyl (C=O) groups is 8. The van der Waals surface area contributed by atoms with Crippen molar-refractivity contribution in [3.05, 3.63) is 176 Å². The molecular formula is C86H95Cl2F3N10O30. The van der Waals surface area contributed by atoms with Gasteiger partial charge in [0, 0.05) is 52.5 Å². The number of likely N-dealkylation sites (N-methyl/N-ethyl adjacent to an activating group) is 1. The van der Waals surface area contributed by atoms with Crippen LogP contribution >= 0.6 is 23.2 Å². The number of nitrogens with one attached hydrogen (secondary N) is 9. The number of hydrogen-bond acceptors (Lipinski definition) is 32. The van der Waals surface area contributed by atoms with Crippen LogP contribution in [0.5, 0.6) is 51.7 Å². The van der Waals surface area contributed by atoms with Crippen molar-refractivity contribution in [2.24, 2.45) is 11.7 Å². The van der Waals surface area contributed by atoms with E-state index in [0.717, 1.165) is 91.0 Å². The maximum absolute atomic E-state index is 16.5. The fourth-order valence-corrected chi connectivity index (χ4v) is 16.4. The number of nitrogens with two attached hydrogens (primary N) is 1. The maximum atomic E-state index is 16.5. The van der Waals surface area contributed by atoms with Crippen molar-refractivity contribution >= 4 is 76.1 Å². The molecule has 0 spiro atoms. The summed E-state index contributed by atoms with van der Waals surface area (Å²) >= 11 is 14.5. The molecule has 0 radical (unpaired) electrons. The maximum Gasteiger partial charge on any atom is 0.573 e. The molecule has 24 N–H and O–H groups in total. The van der Waals surface area contributed by atoms with Crippen molar-refractivity contribution in [2.75, 3.05) is 25.6 Å². The molecule has 11 bridgehead atoms. The van der Waals surface area contributed by atoms with E-state index in [1.807, 2.05) is 0 Å². The lowest BCUT2D eigenvalue weighted by Gasteiger charge is -2.47. The molecule has 0 aliphatic carbocycles. The Bertz CT molecular complexity index is 5440. The van der Waals surface area contributed by atoms with E-state index >= 15 is 24.0 Å². The van der Waals surface area contributed by atoms with Gasteiger partial charge in [-0.05, 0) is 152 Å². The molecule has 8 aliphatic rings. The van der Waals surface area contributed by atoms with E-state index in [-0.39, 0.29) is 53.2 Å². The second-order valence-corrected chi connectivity index (χ2v) is 33.5. The van der Waals surface area contributed by atoms with Gasteiger partial charge in [-0.1, -0.05) is 67.4 Å². The number of phenolic OH excluding ortho intramolecular Hbond substituents is 3. The zero-order chi connectivity index (χ0) is 94.8. The summed E-state index contributed by atoms with van der Waals surface area (Å²) in [4.78, 5) is 120. The molecule has 40 nitrogen and oxygen atoms in total. The summed E-state index contributed by atoms with van der Waals surface area (Å²) in [7, 11) is 1.45. The van der Waals surface area contributed by atoms with Crippen LogP contribution in [0.25, 0.3) is 11.1 Å². The van der Waals surface area contributed by atoms with Gasteiger partial charge in [0.2, 0.25) is 53.4 Å². The first kappa shape index (κ1) is 97.1. The summed E-state index contributed by atoms with van der Waals surface area (Å²) in [6.45, 7) is 4.46. The van der Waals surface area contributed by atoms with Crippen LogP contribution in [0.4, 0.5) is 18.9 Å². The summed E-state index contributed by atoms with van der Waals surface area (Å²) in [6.07, 6.45) is -37.6. The Morgan fingerprint density at radius 3 is 1.91 bits per heavy atom. The first-order valence-electron chi connectivity index (χ1n) is 40.9. The zero-order valence-corrected chi connectivity index (χ0v) is 71.4. The van der Waals surface area contributed by atoms with Crippen LogP contribution in [0.3, 0.4) is 0 Å². The summed E-state index contributed by atoms with van der Waals surface area (Å²) in [5.74, 6) is -16.2. The van der Waals surface area contributed by atoms with Gasteiger partial charge in [-0.3, -0.25) is 38.4 Å². The van der Waals surface area contributed by atoms with E-state index in [2.05, 4.69) is 52.6 Å². The van der Waals surface area contributed by atoms with Crippen LogP contribution in [0, 0.1) is 5.92 Å². The molecule has 131 heavy (non-hydrogen) atoms. The van der Waals surface area contributed by atoms with Gasteiger partial charge in [0.1, 0.15) is 126 Å². The first-order valence-corrected chi connectivity index (χ1v) is 41.7. The topological polar surface area (TPSA) is 617 Å². The lowest BCUT2D eigenvalue weighted by atomic mass is 9.84. The average Bonchev–Trinajstić information content (AvgIpc) is 0.764. The standard InChI is InChI=1S/C86H95Cl2F3N10O30/c1-33(2)19-48(93-5)77(117)99-63-65(108)38-12-17-52(46(87)22-38)124-54-24-40-25-55(72(54)129-84-70(113)68(111)73(57(32-103)127-84)130-83-69(112)67(110)66(109)56(31-102)126-83)125-53-18-13-39(23-47(53)88)71(128-59-29-85(4,74(114)34(3)123-59)94-30-35-7-6-8-41(20-35)95-75(115)36-9-14-43(15-10-36)131-86(89,90)91)64-82(122)101-76(116)45-26-42(104)27-51(106)60(45)44-21-37(11-16-50(44)105)61(79(119)100-64)98-80(120)62(40)97-78(118)49(28-58(92)107)96-81(63)121/h6-18,20-27,33-34,48-49,56-57,59,61-71,73-74,76,83-84,93-94,102-106,108-114,116H,19,28-32H2,1-5H3,(H2,92,107)(H,95,115)(H,96,121)(H,97,118)(H,98,120)(H,99,117)(H,100,119)(H,101,122)/t34-,48+,49-,56+,57+,59-,61-,62+,63?,64-,65+,66-,67-,68+,69+,70+,71+,73+,74-,76-,83-,84-,85-/m0/s1. The smallest absolute Gasteiger partial charge is 0.508 e. The van der Waals surface area contributed by atoms with Crippen molar-refractivity contribution in [3.63, 3.8) is 0 Å². The fourth-order valence-electron chi connectivity index (χ4n) is 16.0. The zero-order valence-electron chi connectivity index (χ0n) is 69.9. The van der Waals surface area contributed by atoms with Crippen LogP contribution in [0.1, 0.15) is 121 Å². The number of primary amides is 1. The highest BCUT2D eigenvalue weighted by atomic mass is 35.5. The number of ether oxygens (including phenoxy) is 9. The molecule has 7 aromatic rings. The van der Waals surface area contributed by atoms with Gasteiger partial charge >= 0.3 is 6.36 Å². The van der Waals surface area contributed by atoms with E-state index in [1.165, 1.54) is 32.2 Å². The molecule has 7 aromatic carbocycles. The van der Waals surface area contributed by atoms with Gasteiger partial charge in [0.25, 0.3) is 5.91 Å². The molecule has 1 unspecified atom stereocenters. The largest absolute Gasteiger partial charge is 0.573 e. The van der Waals surface area contributed by atoms with Gasteiger partial charge in [-0.15, -0.1) is 13.2 Å². The number of carbonyl (C=O) groups excluding carboxylic acids is 8. The molecule has 0 saturated carbocycles. The van der Waals surface area contributed by atoms with Crippen LogP contribution < -0.4 is 72.5 Å². The number of benzene rings is 7. The van der Waals surface area contributed by atoms with Crippen LogP contribution in [0.15, 0.2) is 127 Å². The third-order valence-electron chi connectivity index (χ3n) is 22.8. The number of halogens is 5. The molecule has 15 rings (SSSR count). The van der Waals surface area contributed by atoms with Gasteiger partial charge < -0.3 is 163 Å². The Morgan fingerprint density at radius 2 is 1.27 bits per heavy atom. The molecule has 45 heteroatoms. The van der Waals surface area contributed by atoms with E-state index in [1.54, 1.807) is 39.0 Å². The third kappa shape index (κ3) is 21.9. The molecule has 8 amide bonds. The van der Waals surface area contributed by atoms with Crippen molar-refractivity contribution in [1.29, 1.82) is 0 Å². The summed E-state index contributed by atoms with van der Waals surface area (Å²) in [5, 5.41) is 172. The number of aliphatic hydroxyl groups is 10. The van der Waals surface area contributed by atoms with E-state index in [4.69, 9.17) is 66.8 Å². The number of anilines is 1. The van der Waals surface area contributed by atoms with Gasteiger partial charge in [-0.2, -0.15) is 0 Å². The van der Waals surface area contributed by atoms with Crippen molar-refractivity contribution in [1.82, 2.24) is 42.5 Å². The minimum Gasteiger partial charge on any atom is -0.508 e. The lowest BCUT2D eigenvalue weighted by Crippen LogP contribution is -2.65. The second kappa shape index (κ2) is 40.4. The van der Waals surface area contributed by atoms with E-state index in [0.29, 0.717) is 5.56 Å². The Hall–Kier alpha value is -11.4. The highest BCUT2D eigenvalue weighted by Crippen LogP contribution is 2.51. The normalized spacial score (nSPS) is 29.0. The molecule has 3 fully saturated rings. The molecular weight excluding hydrogens is 1780 g/mol. The van der Waals surface area contributed by atoms with Crippen LogP contribution in [-0.2, 0) is 63.8 Å². The minimum atomic E-state index is -5.00. The molecule has 704 valence electrons. The highest BCUT2D eigenvalue weighted by molar-refractivity contribution is 6.32. The predicted octanol–water partition coefficient (Wildman–Crippen LogP) is 1.78. The Labute approximate surface area is 752 Å². The number of aromatic hydroxyl groups is 3. The minimum absolute atomic E-state index is 0.0351. The van der Waals surface area contributed by atoms with Gasteiger partial charge in [0.05, 0.1) is 47.9 Å². The van der Waals surface area contributed by atoms with E-state index < -0.39 is 297 Å². The average molecular weight is 1880 g/mol. The summed E-state index contributed by atoms with van der Waals surface area (Å²) in [6, 6.07) is 11.7. The molecule has 8 heterocycles. The molecule has 0 aromatic heterocycles. The second-order valence-electron chi connectivity index (χ2n) is 32.6. The van der Waals surface area contributed by atoms with Gasteiger partial charge in [-0.25, -0.2) is 0 Å². The Kier molecular flexibility index (Phi) is 29.9.